The van der Waals surface area contributed by atoms with Crippen LogP contribution in [0.4, 0.5) is 19.0 Å². The van der Waals surface area contributed by atoms with Crippen molar-refractivity contribution in [1.29, 1.82) is 0 Å². The summed E-state index contributed by atoms with van der Waals surface area (Å²) in [6.07, 6.45) is -1.70. The smallest absolute Gasteiger partial charge is 0.416 e. The Bertz CT molecular complexity index is 1640. The third-order valence-corrected chi connectivity index (χ3v) is 8.13. The number of amides is 2. The molecule has 5 rings (SSSR count). The van der Waals surface area contributed by atoms with Gasteiger partial charge in [-0.3, -0.25) is 14.3 Å². The summed E-state index contributed by atoms with van der Waals surface area (Å²) < 4.78 is 45.5. The average molecular weight is 612 g/mol. The van der Waals surface area contributed by atoms with E-state index in [0.29, 0.717) is 42.6 Å². The number of aromatic nitrogens is 3. The van der Waals surface area contributed by atoms with Gasteiger partial charge in [-0.05, 0) is 49.1 Å². The van der Waals surface area contributed by atoms with Gasteiger partial charge in [0.2, 0.25) is 0 Å². The number of likely N-dealkylation sites (tertiary alicyclic amines) is 1. The minimum atomic E-state index is -4.44. The fraction of sp³-hybridized carbons (Fsp3) is 0.300. The molecule has 3 heterocycles. The molecule has 1 N–H and O–H groups in total. The fourth-order valence-electron chi connectivity index (χ4n) is 4.95. The van der Waals surface area contributed by atoms with Gasteiger partial charge in [0.25, 0.3) is 11.8 Å². The van der Waals surface area contributed by atoms with Gasteiger partial charge in [-0.2, -0.15) is 18.3 Å². The third-order valence-electron chi connectivity index (χ3n) is 7.12. The standard InChI is InChI=1S/C30H28F3N5O4S/c1-3-42-29(41)23-16-37(2)36-25(23)35-26(39)24-17-43-27(34-24)19-12-14-38(15-13-19)28(40)22-7-5-4-6-21(22)18-8-10-20(11-9-18)30(31,32)33/h4-11,16-17,19H,3,12-15H2,1-2H3,(H,35,36,39). The Hall–Kier alpha value is -4.52. The van der Waals surface area contributed by atoms with Crippen LogP contribution in [0.25, 0.3) is 11.1 Å². The number of thiazole rings is 1. The van der Waals surface area contributed by atoms with Crippen molar-refractivity contribution in [1.82, 2.24) is 19.7 Å². The van der Waals surface area contributed by atoms with Gasteiger partial charge in [0, 0.05) is 43.2 Å². The number of aryl methyl sites for hydroxylation is 1. The zero-order chi connectivity index (χ0) is 30.7. The molecule has 1 aliphatic heterocycles. The van der Waals surface area contributed by atoms with Gasteiger partial charge in [-0.15, -0.1) is 11.3 Å². The molecular formula is C30H28F3N5O4S. The predicted octanol–water partition coefficient (Wildman–Crippen LogP) is 6.01. The van der Waals surface area contributed by atoms with Crippen LogP contribution in [0.1, 0.15) is 67.5 Å². The van der Waals surface area contributed by atoms with Crippen molar-refractivity contribution >= 4 is 34.9 Å². The molecule has 0 spiro atoms. The number of anilines is 1. The van der Waals surface area contributed by atoms with Crippen LogP contribution in [-0.2, 0) is 18.0 Å². The zero-order valence-corrected chi connectivity index (χ0v) is 24.2. The average Bonchev–Trinajstić information content (AvgIpc) is 3.64. The second kappa shape index (κ2) is 12.4. The Kier molecular flexibility index (Phi) is 8.62. The Morgan fingerprint density at radius 1 is 1.05 bits per heavy atom. The van der Waals surface area contributed by atoms with Gasteiger partial charge in [-0.1, -0.05) is 30.3 Å². The predicted molar refractivity (Wildman–Crippen MR) is 154 cm³/mol. The monoisotopic (exact) mass is 611 g/mol. The molecule has 0 radical (unpaired) electrons. The lowest BCUT2D eigenvalue weighted by atomic mass is 9.94. The van der Waals surface area contributed by atoms with E-state index in [-0.39, 0.29) is 35.5 Å². The van der Waals surface area contributed by atoms with Gasteiger partial charge in [0.1, 0.15) is 11.3 Å². The Morgan fingerprint density at radius 2 is 1.74 bits per heavy atom. The second-order valence-electron chi connectivity index (χ2n) is 10.00. The molecule has 0 bridgehead atoms. The van der Waals surface area contributed by atoms with Crippen LogP contribution in [0.3, 0.4) is 0 Å². The molecule has 1 fully saturated rings. The van der Waals surface area contributed by atoms with E-state index in [4.69, 9.17) is 4.74 Å². The SMILES string of the molecule is CCOC(=O)c1cn(C)nc1NC(=O)c1csc(C2CCN(C(=O)c3ccccc3-c3ccc(C(F)(F)F)cc3)CC2)n1. The molecule has 1 saturated heterocycles. The summed E-state index contributed by atoms with van der Waals surface area (Å²) >= 11 is 1.35. The number of ether oxygens (including phenoxy) is 1. The minimum absolute atomic E-state index is 0.0469. The first-order chi connectivity index (χ1) is 20.5. The van der Waals surface area contributed by atoms with E-state index in [0.717, 1.165) is 17.1 Å². The number of carbonyl (C=O) groups excluding carboxylic acids is 3. The second-order valence-corrected chi connectivity index (χ2v) is 10.9. The van der Waals surface area contributed by atoms with Crippen LogP contribution in [0.5, 0.6) is 0 Å². The van der Waals surface area contributed by atoms with Crippen molar-refractivity contribution in [3.05, 3.63) is 87.5 Å². The van der Waals surface area contributed by atoms with Gasteiger partial charge < -0.3 is 15.0 Å². The summed E-state index contributed by atoms with van der Waals surface area (Å²) in [4.78, 5) is 44.8. The number of benzene rings is 2. The number of alkyl halides is 3. The number of halogens is 3. The first kappa shape index (κ1) is 30.0. The fourth-order valence-corrected chi connectivity index (χ4v) is 5.92. The Labute approximate surface area is 249 Å². The Balaban J connectivity index is 1.23. The highest BCUT2D eigenvalue weighted by Crippen LogP contribution is 2.34. The van der Waals surface area contributed by atoms with Crippen molar-refractivity contribution < 1.29 is 32.3 Å². The highest BCUT2D eigenvalue weighted by Gasteiger charge is 2.31. The van der Waals surface area contributed by atoms with Crippen LogP contribution in [0.2, 0.25) is 0 Å². The lowest BCUT2D eigenvalue weighted by Crippen LogP contribution is -2.38. The molecule has 2 amide bonds. The molecule has 4 aromatic rings. The van der Waals surface area contributed by atoms with Crippen LogP contribution in [0, 0.1) is 0 Å². The lowest BCUT2D eigenvalue weighted by molar-refractivity contribution is -0.137. The van der Waals surface area contributed by atoms with E-state index in [2.05, 4.69) is 15.4 Å². The lowest BCUT2D eigenvalue weighted by Gasteiger charge is -2.31. The molecule has 1 aliphatic rings. The summed E-state index contributed by atoms with van der Waals surface area (Å²) in [5, 5.41) is 9.20. The summed E-state index contributed by atoms with van der Waals surface area (Å²) in [7, 11) is 1.63. The molecule has 0 atom stereocenters. The molecule has 13 heteroatoms. The molecule has 9 nitrogen and oxygen atoms in total. The molecule has 0 aliphatic carbocycles. The van der Waals surface area contributed by atoms with E-state index in [1.165, 1.54) is 34.3 Å². The maximum atomic E-state index is 13.5. The first-order valence-electron chi connectivity index (χ1n) is 13.6. The van der Waals surface area contributed by atoms with Gasteiger partial charge in [0.15, 0.2) is 5.82 Å². The number of carbonyl (C=O) groups is 3. The van der Waals surface area contributed by atoms with Crippen LogP contribution >= 0.6 is 11.3 Å². The van der Waals surface area contributed by atoms with Crippen molar-refractivity contribution in [2.24, 2.45) is 7.05 Å². The topological polar surface area (TPSA) is 106 Å². The number of rotatable bonds is 7. The third kappa shape index (κ3) is 6.61. The van der Waals surface area contributed by atoms with E-state index in [1.807, 2.05) is 0 Å². The van der Waals surface area contributed by atoms with Crippen molar-refractivity contribution in [2.45, 2.75) is 31.9 Å². The molecule has 0 saturated carbocycles. The summed E-state index contributed by atoms with van der Waals surface area (Å²) in [5.41, 5.74) is 1.11. The zero-order valence-electron chi connectivity index (χ0n) is 23.4. The van der Waals surface area contributed by atoms with E-state index in [1.54, 1.807) is 48.5 Å². The van der Waals surface area contributed by atoms with Crippen LogP contribution in [-0.4, -0.2) is 57.1 Å². The molecule has 2 aromatic heterocycles. The highest BCUT2D eigenvalue weighted by atomic mass is 32.1. The van der Waals surface area contributed by atoms with Crippen LogP contribution < -0.4 is 5.32 Å². The summed E-state index contributed by atoms with van der Waals surface area (Å²) in [6, 6.07) is 11.7. The largest absolute Gasteiger partial charge is 0.462 e. The van der Waals surface area contributed by atoms with Gasteiger partial charge in [0.05, 0.1) is 17.2 Å². The summed E-state index contributed by atoms with van der Waals surface area (Å²) in [5.74, 6) is -1.15. The molecule has 2 aromatic carbocycles. The quantitative estimate of drug-likeness (QED) is 0.257. The number of nitrogens with zero attached hydrogens (tertiary/aromatic N) is 4. The van der Waals surface area contributed by atoms with Gasteiger partial charge in [-0.25, -0.2) is 9.78 Å². The first-order valence-corrected chi connectivity index (χ1v) is 14.5. The van der Waals surface area contributed by atoms with E-state index < -0.39 is 23.6 Å². The van der Waals surface area contributed by atoms with E-state index in [9.17, 15) is 27.6 Å². The minimum Gasteiger partial charge on any atom is -0.462 e. The maximum Gasteiger partial charge on any atom is 0.416 e. The molecule has 224 valence electrons. The number of piperidine rings is 1. The maximum absolute atomic E-state index is 13.5. The molecule has 43 heavy (non-hydrogen) atoms. The van der Waals surface area contributed by atoms with Crippen molar-refractivity contribution in [3.63, 3.8) is 0 Å². The number of hydrogen-bond acceptors (Lipinski definition) is 7. The molecule has 0 unspecified atom stereocenters. The van der Waals surface area contributed by atoms with E-state index >= 15 is 0 Å². The van der Waals surface area contributed by atoms with Crippen molar-refractivity contribution in [2.75, 3.05) is 25.0 Å². The number of nitrogens with one attached hydrogen (secondary N) is 1. The molecular weight excluding hydrogens is 583 g/mol. The highest BCUT2D eigenvalue weighted by molar-refractivity contribution is 7.10. The summed E-state index contributed by atoms with van der Waals surface area (Å²) in [6.45, 7) is 2.80. The normalized spacial score (nSPS) is 14.0. The van der Waals surface area contributed by atoms with Crippen molar-refractivity contribution in [3.8, 4) is 11.1 Å². The number of hydrogen-bond donors (Lipinski definition) is 1. The Morgan fingerprint density at radius 3 is 2.42 bits per heavy atom. The number of esters is 1. The van der Waals surface area contributed by atoms with Gasteiger partial charge >= 0.3 is 12.1 Å². The van der Waals surface area contributed by atoms with Crippen LogP contribution in [0.15, 0.2) is 60.1 Å².